The highest BCUT2D eigenvalue weighted by atomic mass is 32.2. The maximum absolute atomic E-state index is 11.8. The summed E-state index contributed by atoms with van der Waals surface area (Å²) in [6, 6.07) is -1.67. The number of primary amides is 1. The number of phosphoric acid groups is 1. The van der Waals surface area contributed by atoms with Gasteiger partial charge in [0.1, 0.15) is 18.3 Å². The van der Waals surface area contributed by atoms with Gasteiger partial charge < -0.3 is 40.9 Å². The largest absolute Gasteiger partial charge is 0.479 e. The van der Waals surface area contributed by atoms with Crippen molar-refractivity contribution < 1.29 is 52.9 Å². The number of phosphoric ester groups is 1. The predicted octanol–water partition coefficient (Wildman–Crippen LogP) is -3.13. The Morgan fingerprint density at radius 1 is 1.35 bits per heavy atom. The number of hydrogen-bond acceptors (Lipinski definition) is 10. The van der Waals surface area contributed by atoms with Crippen LogP contribution in [-0.2, 0) is 32.9 Å². The second-order valence-electron chi connectivity index (χ2n) is 5.75. The number of amides is 1. The summed E-state index contributed by atoms with van der Waals surface area (Å²) >= 11 is 0.351. The van der Waals surface area contributed by atoms with Crippen LogP contribution in [0.25, 0.3) is 0 Å². The molecule has 2 saturated heterocycles. The van der Waals surface area contributed by atoms with Gasteiger partial charge in [-0.2, -0.15) is 0 Å². The van der Waals surface area contributed by atoms with E-state index in [1.807, 2.05) is 0 Å². The van der Waals surface area contributed by atoms with Gasteiger partial charge in [0.15, 0.2) is 0 Å². The number of carbonyl (C=O) groups is 3. The maximum Gasteiger partial charge on any atom is 0.470 e. The molecular weight excluding hydrogens is 399 g/mol. The summed E-state index contributed by atoms with van der Waals surface area (Å²) in [7, 11) is -5.24. The number of rotatable bonds is 5. The summed E-state index contributed by atoms with van der Waals surface area (Å²) in [6.07, 6.45) is -5.46. The summed E-state index contributed by atoms with van der Waals surface area (Å²) in [6.45, 7) is 0.962. The first-order chi connectivity index (χ1) is 11.7. The van der Waals surface area contributed by atoms with E-state index >= 15 is 0 Å². The molecule has 0 aliphatic carbocycles. The van der Waals surface area contributed by atoms with Crippen LogP contribution in [0.1, 0.15) is 6.92 Å². The van der Waals surface area contributed by atoms with Crippen molar-refractivity contribution >= 4 is 37.4 Å². The van der Waals surface area contributed by atoms with Gasteiger partial charge in [-0.3, -0.25) is 14.1 Å². The number of ether oxygens (including phenoxy) is 2. The van der Waals surface area contributed by atoms with E-state index in [1.54, 1.807) is 0 Å². The van der Waals surface area contributed by atoms with Crippen molar-refractivity contribution in [3.05, 3.63) is 0 Å². The van der Waals surface area contributed by atoms with E-state index in [2.05, 4.69) is 4.52 Å². The number of carboxylic acids is 1. The number of carboxylic acid groups (broad SMARTS) is 1. The van der Waals surface area contributed by atoms with Crippen LogP contribution in [0.3, 0.4) is 0 Å². The lowest BCUT2D eigenvalue weighted by Gasteiger charge is -2.55. The lowest BCUT2D eigenvalue weighted by atomic mass is 9.82. The molecule has 0 aromatic heterocycles. The number of aliphatic hydroxyl groups is 1. The molecular formula is C11H17N2O11PS. The van der Waals surface area contributed by atoms with E-state index in [4.69, 9.17) is 30.7 Å². The molecule has 2 bridgehead atoms. The molecule has 0 aromatic carbocycles. The minimum Gasteiger partial charge on any atom is -0.479 e. The highest BCUT2D eigenvalue weighted by Gasteiger charge is 2.70. The molecule has 6 atom stereocenters. The third-order valence-electron chi connectivity index (χ3n) is 3.98. The van der Waals surface area contributed by atoms with Crippen LogP contribution in [0.4, 0.5) is 0 Å². The molecule has 8 N–H and O–H groups in total. The van der Waals surface area contributed by atoms with E-state index in [-0.39, 0.29) is 0 Å². The fourth-order valence-corrected chi connectivity index (χ4v) is 4.73. The van der Waals surface area contributed by atoms with Crippen LogP contribution in [-0.4, -0.2) is 78.5 Å². The van der Waals surface area contributed by atoms with Crippen molar-refractivity contribution in [2.45, 2.75) is 41.8 Å². The monoisotopic (exact) mass is 416 g/mol. The lowest BCUT2D eigenvalue weighted by Crippen LogP contribution is -2.79. The van der Waals surface area contributed by atoms with Crippen molar-refractivity contribution in [1.82, 2.24) is 0 Å². The number of aliphatic carboxylic acids is 1. The molecule has 13 nitrogen and oxygen atoms in total. The summed E-state index contributed by atoms with van der Waals surface area (Å²) in [5.41, 5.74) is 8.57. The minimum absolute atomic E-state index is 0.351. The predicted molar refractivity (Wildman–Crippen MR) is 82.3 cm³/mol. The molecule has 0 aromatic rings. The number of carbonyl (C=O) groups excluding carboxylic acids is 2. The van der Waals surface area contributed by atoms with Crippen molar-refractivity contribution in [3.8, 4) is 0 Å². The van der Waals surface area contributed by atoms with Crippen molar-refractivity contribution in [2.24, 2.45) is 11.5 Å². The van der Waals surface area contributed by atoms with Gasteiger partial charge in [0.05, 0.1) is 6.04 Å². The van der Waals surface area contributed by atoms with Crippen LogP contribution in [0, 0.1) is 0 Å². The summed E-state index contributed by atoms with van der Waals surface area (Å²) in [5, 5.41) is 20.1. The van der Waals surface area contributed by atoms with Gasteiger partial charge in [-0.05, 0) is 0 Å². The zero-order valence-corrected chi connectivity index (χ0v) is 14.9. The molecule has 0 saturated carbocycles. The Morgan fingerprint density at radius 2 is 1.92 bits per heavy atom. The molecule has 2 aliphatic heterocycles. The summed E-state index contributed by atoms with van der Waals surface area (Å²) in [4.78, 5) is 50.5. The molecule has 0 radical (unpaired) electrons. The van der Waals surface area contributed by atoms with Gasteiger partial charge in [-0.15, -0.1) is 11.8 Å². The van der Waals surface area contributed by atoms with Crippen molar-refractivity contribution in [2.75, 3.05) is 5.75 Å². The standard InChI is InChI=1S/C11H17N2O11PS/c1-3(14)22-5-4(12)6(24-25(19,20)21)10(9(16)17)2-26-11(18,8(13)15)7(5)23-10/h4-7,18H,2,12H2,1H3,(H2,13,15)(H,16,17)(H2,19,20,21)/t4-,5+,6+,7+,10+,11+/m0/s1. The Hall–Kier alpha value is -1.25. The Balaban J connectivity index is 2.58. The van der Waals surface area contributed by atoms with Crippen LogP contribution < -0.4 is 11.5 Å². The smallest absolute Gasteiger partial charge is 0.470 e. The maximum atomic E-state index is 11.8. The van der Waals surface area contributed by atoms with E-state index in [0.717, 1.165) is 6.92 Å². The molecule has 0 spiro atoms. The SMILES string of the molecule is CC(=O)O[C@@H]1[C@H](N)[C@@H](OP(=O)(O)O)[C@@]2(C(=O)O)CS[C@@](O)(C(N)=O)[C@@H]1O2. The van der Waals surface area contributed by atoms with Crippen LogP contribution in [0.2, 0.25) is 0 Å². The number of fused-ring (bicyclic) bond motifs is 2. The summed E-state index contributed by atoms with van der Waals surface area (Å²) < 4.78 is 26.0. The Kier molecular flexibility index (Phi) is 5.45. The van der Waals surface area contributed by atoms with Crippen molar-refractivity contribution in [3.63, 3.8) is 0 Å². The Morgan fingerprint density at radius 3 is 2.35 bits per heavy atom. The fraction of sp³-hybridized carbons (Fsp3) is 0.727. The van der Waals surface area contributed by atoms with Gasteiger partial charge in [0.2, 0.25) is 10.5 Å². The molecule has 15 heteroatoms. The molecule has 0 unspecified atom stereocenters. The number of thioether (sulfide) groups is 1. The fourth-order valence-electron chi connectivity index (χ4n) is 2.84. The third kappa shape index (κ3) is 3.46. The van der Waals surface area contributed by atoms with Gasteiger partial charge in [0, 0.05) is 12.7 Å². The second-order valence-corrected chi connectivity index (χ2v) is 8.14. The zero-order valence-electron chi connectivity index (χ0n) is 13.2. The van der Waals surface area contributed by atoms with Gasteiger partial charge in [0.25, 0.3) is 5.91 Å². The molecule has 1 amide bonds. The van der Waals surface area contributed by atoms with Gasteiger partial charge in [-0.25, -0.2) is 9.36 Å². The first-order valence-electron chi connectivity index (χ1n) is 6.99. The van der Waals surface area contributed by atoms with Crippen LogP contribution in [0.15, 0.2) is 0 Å². The molecule has 2 heterocycles. The summed E-state index contributed by atoms with van der Waals surface area (Å²) in [5.74, 6) is -4.63. The molecule has 2 aliphatic rings. The molecule has 2 fully saturated rings. The number of hydrogen-bond donors (Lipinski definition) is 6. The van der Waals surface area contributed by atoms with E-state index in [0.29, 0.717) is 11.8 Å². The quantitative estimate of drug-likeness (QED) is 0.192. The molecule has 26 heavy (non-hydrogen) atoms. The number of esters is 1. The van der Waals surface area contributed by atoms with E-state index < -0.39 is 66.3 Å². The third-order valence-corrected chi connectivity index (χ3v) is 5.93. The number of nitrogens with two attached hydrogens (primary N) is 2. The van der Waals surface area contributed by atoms with Crippen LogP contribution in [0.5, 0.6) is 0 Å². The first-order valence-corrected chi connectivity index (χ1v) is 9.50. The Labute approximate surface area is 150 Å². The van der Waals surface area contributed by atoms with Gasteiger partial charge >= 0.3 is 19.8 Å². The van der Waals surface area contributed by atoms with Crippen LogP contribution >= 0.6 is 19.6 Å². The molecule has 148 valence electrons. The van der Waals surface area contributed by atoms with Crippen molar-refractivity contribution in [1.29, 1.82) is 0 Å². The molecule has 2 rings (SSSR count). The minimum atomic E-state index is -5.24. The van der Waals surface area contributed by atoms with Gasteiger partial charge in [-0.1, -0.05) is 0 Å². The average Bonchev–Trinajstić information content (AvgIpc) is 2.48. The first kappa shape index (κ1) is 21.1. The van der Waals surface area contributed by atoms with E-state index in [9.17, 15) is 29.2 Å². The zero-order chi connectivity index (χ0) is 20.1. The topological polar surface area (TPSA) is 229 Å². The second kappa shape index (κ2) is 6.73. The normalized spacial score (nSPS) is 39.9. The highest BCUT2D eigenvalue weighted by Crippen LogP contribution is 2.51. The highest BCUT2D eigenvalue weighted by molar-refractivity contribution is 8.01. The van der Waals surface area contributed by atoms with E-state index in [1.165, 1.54) is 0 Å². The Bertz CT molecular complexity index is 685. The average molecular weight is 416 g/mol. The lowest BCUT2D eigenvalue weighted by molar-refractivity contribution is -0.258.